The van der Waals surface area contributed by atoms with Crippen LogP contribution in [0, 0.1) is 0 Å². The quantitative estimate of drug-likeness (QED) is 0.473. The van der Waals surface area contributed by atoms with Crippen LogP contribution in [0.2, 0.25) is 0 Å². The Morgan fingerprint density at radius 2 is 2.00 bits per heavy atom. The van der Waals surface area contributed by atoms with Gasteiger partial charge in [0.05, 0.1) is 5.39 Å². The number of ether oxygens (including phenoxy) is 3. The lowest BCUT2D eigenvalue weighted by Gasteiger charge is -2.31. The Hall–Kier alpha value is -3.27. The van der Waals surface area contributed by atoms with E-state index in [4.69, 9.17) is 29.3 Å². The van der Waals surface area contributed by atoms with Crippen molar-refractivity contribution in [2.75, 3.05) is 36.6 Å². The first-order valence-corrected chi connectivity index (χ1v) is 13.0. The highest BCUT2D eigenvalue weighted by Crippen LogP contribution is 2.40. The van der Waals surface area contributed by atoms with Crippen LogP contribution in [0.3, 0.4) is 0 Å². The highest BCUT2D eigenvalue weighted by Gasteiger charge is 2.26. The van der Waals surface area contributed by atoms with Crippen molar-refractivity contribution in [2.24, 2.45) is 0 Å². The minimum atomic E-state index is -1.21. The van der Waals surface area contributed by atoms with E-state index in [-0.39, 0.29) is 12.9 Å². The summed E-state index contributed by atoms with van der Waals surface area (Å²) in [5.41, 5.74) is 2.59. The van der Waals surface area contributed by atoms with Crippen LogP contribution in [0.5, 0.6) is 11.5 Å². The van der Waals surface area contributed by atoms with E-state index >= 15 is 0 Å². The molecule has 10 heteroatoms. The van der Waals surface area contributed by atoms with Gasteiger partial charge in [0.15, 0.2) is 11.5 Å². The molecule has 1 aliphatic carbocycles. The van der Waals surface area contributed by atoms with Gasteiger partial charge in [-0.1, -0.05) is 6.07 Å². The molecule has 35 heavy (non-hydrogen) atoms. The molecule has 0 amide bonds. The summed E-state index contributed by atoms with van der Waals surface area (Å²) in [6.45, 7) is 2.36. The minimum absolute atomic E-state index is 0.263. The Kier molecular flexibility index (Phi) is 5.97. The van der Waals surface area contributed by atoms with Gasteiger partial charge in [0.1, 0.15) is 16.8 Å². The lowest BCUT2D eigenvalue weighted by Crippen LogP contribution is -2.38. The molecule has 1 fully saturated rings. The number of anilines is 2. The van der Waals surface area contributed by atoms with Gasteiger partial charge >= 0.3 is 6.16 Å². The van der Waals surface area contributed by atoms with E-state index in [2.05, 4.69) is 16.3 Å². The van der Waals surface area contributed by atoms with Gasteiger partial charge in [0, 0.05) is 37.4 Å². The van der Waals surface area contributed by atoms with Gasteiger partial charge in [-0.05, 0) is 55.4 Å². The normalized spacial score (nSPS) is 17.4. The summed E-state index contributed by atoms with van der Waals surface area (Å²) >= 11 is 1.79. The molecule has 1 aromatic carbocycles. The molecule has 4 heterocycles. The molecular weight excluding hydrogens is 468 g/mol. The lowest BCUT2D eigenvalue weighted by atomic mass is 9.97. The fourth-order valence-electron chi connectivity index (χ4n) is 5.15. The molecule has 3 aromatic rings. The minimum Gasteiger partial charge on any atom is -0.454 e. The molecule has 9 nitrogen and oxygen atoms in total. The molecule has 0 atom stereocenters. The van der Waals surface area contributed by atoms with Crippen LogP contribution < -0.4 is 19.7 Å². The Balaban J connectivity index is 1.23. The maximum Gasteiger partial charge on any atom is 0.506 e. The molecule has 0 saturated carbocycles. The van der Waals surface area contributed by atoms with Crippen LogP contribution in [-0.4, -0.2) is 53.8 Å². The lowest BCUT2D eigenvalue weighted by molar-refractivity contribution is 0.0415. The molecule has 184 valence electrons. The van der Waals surface area contributed by atoms with Gasteiger partial charge in [0.2, 0.25) is 12.7 Å². The second kappa shape index (κ2) is 9.41. The van der Waals surface area contributed by atoms with Crippen molar-refractivity contribution in [3.8, 4) is 11.5 Å². The summed E-state index contributed by atoms with van der Waals surface area (Å²) < 4.78 is 15.9. The Labute approximate surface area is 207 Å². The predicted molar refractivity (Wildman–Crippen MR) is 133 cm³/mol. The van der Waals surface area contributed by atoms with Gasteiger partial charge in [0.25, 0.3) is 0 Å². The van der Waals surface area contributed by atoms with Crippen molar-refractivity contribution < 1.29 is 24.1 Å². The van der Waals surface area contributed by atoms with Crippen molar-refractivity contribution in [3.05, 3.63) is 34.2 Å². The fraction of sp³-hybridized carbons (Fsp3) is 0.480. The number of carbonyl (C=O) groups is 1. The van der Waals surface area contributed by atoms with E-state index in [1.54, 1.807) is 11.3 Å². The molecular formula is C25H28N4O5S. The standard InChI is InChI=1S/C25H28N4O5S/c30-25(31)34-16-8-11-29(12-9-16)24-27-22(21-17-3-1-2-4-20(17)35-23(21)28-24)26-10-7-15-5-6-18-19(13-15)33-14-32-18/h5-6,13,16H,1-4,7-12,14H2,(H,30,31)(H,26,27,28). The van der Waals surface area contributed by atoms with E-state index in [0.29, 0.717) is 31.9 Å². The van der Waals surface area contributed by atoms with Crippen LogP contribution in [-0.2, 0) is 24.0 Å². The number of aromatic nitrogens is 2. The number of hydrogen-bond donors (Lipinski definition) is 2. The number of nitrogens with zero attached hydrogens (tertiary/aromatic N) is 3. The first-order chi connectivity index (χ1) is 17.1. The third-order valence-corrected chi connectivity index (χ3v) is 8.12. The highest BCUT2D eigenvalue weighted by atomic mass is 32.1. The highest BCUT2D eigenvalue weighted by molar-refractivity contribution is 7.19. The number of hydrogen-bond acceptors (Lipinski definition) is 9. The maximum absolute atomic E-state index is 10.9. The van der Waals surface area contributed by atoms with Crippen molar-refractivity contribution in [1.29, 1.82) is 0 Å². The van der Waals surface area contributed by atoms with E-state index in [0.717, 1.165) is 48.0 Å². The van der Waals surface area contributed by atoms with Gasteiger partial charge in [-0.25, -0.2) is 9.78 Å². The summed E-state index contributed by atoms with van der Waals surface area (Å²) in [4.78, 5) is 25.4. The Bertz CT molecular complexity index is 1250. The largest absolute Gasteiger partial charge is 0.506 e. The molecule has 0 radical (unpaired) electrons. The maximum atomic E-state index is 10.9. The first-order valence-electron chi connectivity index (χ1n) is 12.2. The van der Waals surface area contributed by atoms with Crippen LogP contribution in [0.15, 0.2) is 18.2 Å². The topological polar surface area (TPSA) is 106 Å². The average Bonchev–Trinajstić information content (AvgIpc) is 3.48. The first kappa shape index (κ1) is 22.2. The number of fused-ring (bicyclic) bond motifs is 4. The van der Waals surface area contributed by atoms with Gasteiger partial charge in [-0.15, -0.1) is 11.3 Å². The second-order valence-electron chi connectivity index (χ2n) is 9.20. The van der Waals surface area contributed by atoms with Crippen molar-refractivity contribution in [2.45, 2.75) is 51.0 Å². The second-order valence-corrected chi connectivity index (χ2v) is 10.3. The van der Waals surface area contributed by atoms with E-state index in [1.165, 1.54) is 34.2 Å². The van der Waals surface area contributed by atoms with E-state index in [9.17, 15) is 4.79 Å². The fourth-order valence-corrected chi connectivity index (χ4v) is 6.41. The smallest absolute Gasteiger partial charge is 0.454 e. The van der Waals surface area contributed by atoms with Crippen molar-refractivity contribution in [1.82, 2.24) is 9.97 Å². The summed E-state index contributed by atoms with van der Waals surface area (Å²) in [6, 6.07) is 6.08. The predicted octanol–water partition coefficient (Wildman–Crippen LogP) is 4.62. The van der Waals surface area contributed by atoms with E-state index < -0.39 is 6.16 Å². The molecule has 0 spiro atoms. The molecule has 2 aromatic heterocycles. The van der Waals surface area contributed by atoms with Crippen LogP contribution in [0.1, 0.15) is 41.7 Å². The molecule has 1 saturated heterocycles. The summed E-state index contributed by atoms with van der Waals surface area (Å²) in [7, 11) is 0. The number of thiophene rings is 1. The number of rotatable bonds is 6. The zero-order valence-electron chi connectivity index (χ0n) is 19.4. The van der Waals surface area contributed by atoms with E-state index in [1.807, 2.05) is 12.1 Å². The number of carboxylic acid groups (broad SMARTS) is 1. The zero-order valence-corrected chi connectivity index (χ0v) is 20.2. The van der Waals surface area contributed by atoms with Crippen LogP contribution in [0.4, 0.5) is 16.6 Å². The Morgan fingerprint density at radius 3 is 2.86 bits per heavy atom. The van der Waals surface area contributed by atoms with Gasteiger partial charge < -0.3 is 29.5 Å². The number of benzene rings is 1. The molecule has 0 unspecified atom stereocenters. The van der Waals surface area contributed by atoms with Gasteiger partial charge in [-0.3, -0.25) is 0 Å². The van der Waals surface area contributed by atoms with Crippen LogP contribution >= 0.6 is 11.3 Å². The van der Waals surface area contributed by atoms with Gasteiger partial charge in [-0.2, -0.15) is 4.98 Å². The van der Waals surface area contributed by atoms with Crippen molar-refractivity contribution in [3.63, 3.8) is 0 Å². The molecule has 2 N–H and O–H groups in total. The molecule has 2 aliphatic heterocycles. The average molecular weight is 497 g/mol. The molecule has 3 aliphatic rings. The number of aryl methyl sites for hydroxylation is 2. The zero-order chi connectivity index (χ0) is 23.8. The summed E-state index contributed by atoms with van der Waals surface area (Å²) in [5, 5.41) is 13.7. The molecule has 0 bridgehead atoms. The SMILES string of the molecule is O=C(O)OC1CCN(c2nc(NCCc3ccc4c(c3)OCO4)c3c4c(sc3n2)CCCC4)CC1. The number of piperidine rings is 1. The third kappa shape index (κ3) is 4.54. The molecule has 6 rings (SSSR count). The number of nitrogens with one attached hydrogen (secondary N) is 1. The Morgan fingerprint density at radius 1 is 1.17 bits per heavy atom. The summed E-state index contributed by atoms with van der Waals surface area (Å²) in [5.74, 6) is 3.20. The van der Waals surface area contributed by atoms with Crippen molar-refractivity contribution >= 4 is 39.5 Å². The summed E-state index contributed by atoms with van der Waals surface area (Å²) in [6.07, 6.45) is 5.26. The monoisotopic (exact) mass is 496 g/mol. The van der Waals surface area contributed by atoms with Crippen LogP contribution in [0.25, 0.3) is 10.2 Å². The third-order valence-electron chi connectivity index (χ3n) is 6.94.